The maximum atomic E-state index is 13.0. The van der Waals surface area contributed by atoms with Crippen LogP contribution in [0.4, 0.5) is 0 Å². The molecule has 1 amide bonds. The van der Waals surface area contributed by atoms with Crippen molar-refractivity contribution in [2.24, 2.45) is 7.05 Å². The van der Waals surface area contributed by atoms with Gasteiger partial charge in [0.15, 0.2) is 23.0 Å². The van der Waals surface area contributed by atoms with Gasteiger partial charge in [0.05, 0.1) is 38.4 Å². The van der Waals surface area contributed by atoms with Gasteiger partial charge in [0, 0.05) is 25.2 Å². The molecule has 33 heavy (non-hydrogen) atoms. The second-order valence-electron chi connectivity index (χ2n) is 7.36. The lowest BCUT2D eigenvalue weighted by atomic mass is 10.1. The first kappa shape index (κ1) is 24.0. The van der Waals surface area contributed by atoms with Crippen molar-refractivity contribution >= 4 is 16.7 Å². The molecule has 0 unspecified atom stereocenters. The maximum absolute atomic E-state index is 13.0. The smallest absolute Gasteiger partial charge is 0.258 e. The highest BCUT2D eigenvalue weighted by Gasteiger charge is 2.17. The lowest BCUT2D eigenvalue weighted by Gasteiger charge is -2.14. The molecule has 176 valence electrons. The minimum atomic E-state index is -0.279. The first-order chi connectivity index (χ1) is 15.9. The second-order valence-corrected chi connectivity index (χ2v) is 7.36. The molecule has 3 rings (SSSR count). The normalized spacial score (nSPS) is 10.7. The molecule has 0 atom stereocenters. The summed E-state index contributed by atoms with van der Waals surface area (Å²) in [6.45, 7) is 5.35. The molecule has 0 aliphatic rings. The monoisotopic (exact) mass is 454 g/mol. The molecule has 8 heteroatoms. The first-order valence-corrected chi connectivity index (χ1v) is 10.9. The van der Waals surface area contributed by atoms with E-state index >= 15 is 0 Å². The summed E-state index contributed by atoms with van der Waals surface area (Å²) < 4.78 is 23.3. The largest absolute Gasteiger partial charge is 0.493 e. The Morgan fingerprint density at radius 3 is 2.18 bits per heavy atom. The third-order valence-electron chi connectivity index (χ3n) is 5.24. The molecule has 0 bridgehead atoms. The first-order valence-electron chi connectivity index (χ1n) is 10.9. The Morgan fingerprint density at radius 2 is 1.55 bits per heavy atom. The Morgan fingerprint density at radius 1 is 0.909 bits per heavy atom. The van der Waals surface area contributed by atoms with Gasteiger partial charge in [0.25, 0.3) is 11.5 Å². The number of pyridine rings is 1. The van der Waals surface area contributed by atoms with Gasteiger partial charge in [-0.15, -0.1) is 0 Å². The fourth-order valence-electron chi connectivity index (χ4n) is 3.64. The zero-order chi connectivity index (χ0) is 24.0. The molecule has 0 saturated carbocycles. The molecule has 8 nitrogen and oxygen atoms in total. The predicted molar refractivity (Wildman–Crippen MR) is 127 cm³/mol. The van der Waals surface area contributed by atoms with Gasteiger partial charge in [0.1, 0.15) is 0 Å². The summed E-state index contributed by atoms with van der Waals surface area (Å²) in [5.41, 5.74) is 1.18. The van der Waals surface area contributed by atoms with Gasteiger partial charge in [-0.2, -0.15) is 0 Å². The second kappa shape index (κ2) is 10.8. The molecular formula is C25H30N2O6. The number of aryl methyl sites for hydroxylation is 1. The fourth-order valence-corrected chi connectivity index (χ4v) is 3.64. The minimum absolute atomic E-state index is 0.222. The van der Waals surface area contributed by atoms with Gasteiger partial charge < -0.3 is 28.8 Å². The number of ether oxygens (including phenoxy) is 4. The number of hydrogen-bond acceptors (Lipinski definition) is 6. The number of amides is 1. The molecule has 0 fully saturated rings. The molecule has 1 heterocycles. The Balaban J connectivity index is 1.82. The fraction of sp³-hybridized carbons (Fsp3) is 0.360. The van der Waals surface area contributed by atoms with Gasteiger partial charge in [-0.05, 0) is 50.1 Å². The molecule has 0 aliphatic heterocycles. The number of aromatic nitrogens is 1. The molecule has 1 aromatic heterocycles. The summed E-state index contributed by atoms with van der Waals surface area (Å²) in [5.74, 6) is 1.99. The standard InChI is InChI=1S/C25H30N2O6/c1-6-32-20-9-8-16(12-23(20)33-7-2)10-11-26-24(28)19-15-27(3)25(29)18-14-22(31-5)21(30-4)13-17(18)19/h8-9,12-15H,6-7,10-11H2,1-5H3,(H,26,28). The topological polar surface area (TPSA) is 88.0 Å². The highest BCUT2D eigenvalue weighted by Crippen LogP contribution is 2.32. The van der Waals surface area contributed by atoms with Gasteiger partial charge >= 0.3 is 0 Å². The third kappa shape index (κ3) is 5.22. The van der Waals surface area contributed by atoms with Crippen LogP contribution in [0.2, 0.25) is 0 Å². The minimum Gasteiger partial charge on any atom is -0.493 e. The SMILES string of the molecule is CCOc1ccc(CCNC(=O)c2cn(C)c(=O)c3cc(OC)c(OC)cc23)cc1OCC. The number of fused-ring (bicyclic) bond motifs is 1. The summed E-state index contributed by atoms with van der Waals surface area (Å²) in [6, 6.07) is 9.03. The number of methoxy groups -OCH3 is 2. The number of benzene rings is 2. The zero-order valence-electron chi connectivity index (χ0n) is 19.7. The van der Waals surface area contributed by atoms with E-state index in [-0.39, 0.29) is 11.5 Å². The lowest BCUT2D eigenvalue weighted by Crippen LogP contribution is -2.28. The maximum Gasteiger partial charge on any atom is 0.258 e. The van der Waals surface area contributed by atoms with Crippen LogP contribution in [-0.4, -0.2) is 44.5 Å². The van der Waals surface area contributed by atoms with Crippen LogP contribution >= 0.6 is 0 Å². The number of carbonyl (C=O) groups excluding carboxylic acids is 1. The molecule has 0 saturated heterocycles. The lowest BCUT2D eigenvalue weighted by molar-refractivity contribution is 0.0955. The molecule has 0 radical (unpaired) electrons. The average Bonchev–Trinajstić information content (AvgIpc) is 2.82. The number of carbonyl (C=O) groups is 1. The van der Waals surface area contributed by atoms with E-state index in [4.69, 9.17) is 18.9 Å². The van der Waals surface area contributed by atoms with E-state index in [1.54, 1.807) is 19.2 Å². The van der Waals surface area contributed by atoms with E-state index in [0.717, 1.165) is 5.56 Å². The van der Waals surface area contributed by atoms with Crippen molar-refractivity contribution in [3.05, 3.63) is 58.0 Å². The van der Waals surface area contributed by atoms with E-state index in [1.807, 2.05) is 32.0 Å². The molecule has 1 N–H and O–H groups in total. The molecule has 2 aromatic carbocycles. The average molecular weight is 455 g/mol. The third-order valence-corrected chi connectivity index (χ3v) is 5.24. The van der Waals surface area contributed by atoms with Gasteiger partial charge in [-0.25, -0.2) is 0 Å². The number of rotatable bonds is 10. The highest BCUT2D eigenvalue weighted by atomic mass is 16.5. The van der Waals surface area contributed by atoms with E-state index in [0.29, 0.717) is 65.5 Å². The van der Waals surface area contributed by atoms with E-state index in [1.165, 1.54) is 25.0 Å². The summed E-state index contributed by atoms with van der Waals surface area (Å²) in [7, 11) is 4.63. The number of nitrogens with zero attached hydrogens (tertiary/aromatic N) is 1. The van der Waals surface area contributed by atoms with Crippen molar-refractivity contribution in [3.63, 3.8) is 0 Å². The van der Waals surface area contributed by atoms with Gasteiger partial charge in [0.2, 0.25) is 0 Å². The summed E-state index contributed by atoms with van der Waals surface area (Å²) >= 11 is 0. The molecule has 0 spiro atoms. The predicted octanol–water partition coefficient (Wildman–Crippen LogP) is 3.33. The van der Waals surface area contributed by atoms with Gasteiger partial charge in [-0.1, -0.05) is 6.07 Å². The summed E-state index contributed by atoms with van der Waals surface area (Å²) in [6.07, 6.45) is 2.15. The van der Waals surface area contributed by atoms with Crippen molar-refractivity contribution in [2.45, 2.75) is 20.3 Å². The summed E-state index contributed by atoms with van der Waals surface area (Å²) in [4.78, 5) is 25.7. The van der Waals surface area contributed by atoms with Crippen LogP contribution in [-0.2, 0) is 13.5 Å². The van der Waals surface area contributed by atoms with E-state index < -0.39 is 0 Å². The van der Waals surface area contributed by atoms with Crippen molar-refractivity contribution in [1.82, 2.24) is 9.88 Å². The van der Waals surface area contributed by atoms with Crippen LogP contribution in [0.5, 0.6) is 23.0 Å². The molecular weight excluding hydrogens is 424 g/mol. The van der Waals surface area contributed by atoms with E-state index in [2.05, 4.69) is 5.32 Å². The van der Waals surface area contributed by atoms with Crippen molar-refractivity contribution in [2.75, 3.05) is 34.0 Å². The van der Waals surface area contributed by atoms with Crippen LogP contribution < -0.4 is 29.8 Å². The van der Waals surface area contributed by atoms with Crippen LogP contribution in [0.3, 0.4) is 0 Å². The van der Waals surface area contributed by atoms with Crippen molar-refractivity contribution < 1.29 is 23.7 Å². The Hall–Kier alpha value is -3.68. The van der Waals surface area contributed by atoms with Crippen molar-refractivity contribution in [3.8, 4) is 23.0 Å². The Kier molecular flexibility index (Phi) is 7.82. The molecule has 3 aromatic rings. The van der Waals surface area contributed by atoms with Crippen molar-refractivity contribution in [1.29, 1.82) is 0 Å². The van der Waals surface area contributed by atoms with Crippen LogP contribution in [0.15, 0.2) is 41.3 Å². The summed E-state index contributed by atoms with van der Waals surface area (Å²) in [5, 5.41) is 3.84. The Bertz CT molecular complexity index is 1200. The molecule has 0 aliphatic carbocycles. The highest BCUT2D eigenvalue weighted by molar-refractivity contribution is 6.07. The quantitative estimate of drug-likeness (QED) is 0.506. The van der Waals surface area contributed by atoms with Gasteiger partial charge in [-0.3, -0.25) is 9.59 Å². The number of nitrogens with one attached hydrogen (secondary N) is 1. The Labute approximate surface area is 193 Å². The van der Waals surface area contributed by atoms with Crippen LogP contribution in [0.1, 0.15) is 29.8 Å². The van der Waals surface area contributed by atoms with Crippen LogP contribution in [0.25, 0.3) is 10.8 Å². The zero-order valence-corrected chi connectivity index (χ0v) is 19.7. The van der Waals surface area contributed by atoms with E-state index in [9.17, 15) is 9.59 Å². The van der Waals surface area contributed by atoms with Crippen LogP contribution in [0, 0.1) is 0 Å². The number of hydrogen-bond donors (Lipinski definition) is 1.